The number of hydrazine groups is 1. The van der Waals surface area contributed by atoms with Crippen LogP contribution >= 0.6 is 0 Å². The van der Waals surface area contributed by atoms with Crippen LogP contribution in [0.5, 0.6) is 5.75 Å². The molecule has 3 rings (SSSR count). The minimum Gasteiger partial charge on any atom is -0.497 e. The summed E-state index contributed by atoms with van der Waals surface area (Å²) in [6.07, 6.45) is 0. The van der Waals surface area contributed by atoms with Crippen LogP contribution in [0.15, 0.2) is 48.5 Å². The number of hydrogen-bond donors (Lipinski definition) is 1. The van der Waals surface area contributed by atoms with Gasteiger partial charge in [0.2, 0.25) is 0 Å². The van der Waals surface area contributed by atoms with Gasteiger partial charge in [-0.3, -0.25) is 4.79 Å². The molecule has 0 atom stereocenters. The molecule has 1 heterocycles. The van der Waals surface area contributed by atoms with Crippen LogP contribution < -0.4 is 20.4 Å². The lowest BCUT2D eigenvalue weighted by molar-refractivity contribution is 0.0999. The molecule has 6 heteroatoms. The molecular formula is C20H26N4O2. The van der Waals surface area contributed by atoms with E-state index in [4.69, 9.17) is 10.5 Å². The predicted octanol–water partition coefficient (Wildman–Crippen LogP) is 2.36. The van der Waals surface area contributed by atoms with E-state index in [0.29, 0.717) is 5.56 Å². The van der Waals surface area contributed by atoms with Gasteiger partial charge in [-0.2, -0.15) is 0 Å². The van der Waals surface area contributed by atoms with Crippen molar-refractivity contribution >= 4 is 17.3 Å². The Morgan fingerprint density at radius 2 is 1.73 bits per heavy atom. The number of carbonyl (C=O) groups is 1. The number of primary amides is 1. The Morgan fingerprint density at radius 3 is 2.31 bits per heavy atom. The molecule has 0 bridgehead atoms. The van der Waals surface area contributed by atoms with Crippen molar-refractivity contribution in [3.05, 3.63) is 54.1 Å². The molecule has 0 radical (unpaired) electrons. The minimum atomic E-state index is -0.393. The minimum absolute atomic E-state index is 0.393. The van der Waals surface area contributed by atoms with Crippen molar-refractivity contribution in [2.24, 2.45) is 5.73 Å². The summed E-state index contributed by atoms with van der Waals surface area (Å²) < 4.78 is 5.23. The molecule has 1 aliphatic rings. The number of nitrogens with two attached hydrogens (primary N) is 1. The van der Waals surface area contributed by atoms with E-state index < -0.39 is 5.91 Å². The third-order valence-electron chi connectivity index (χ3n) is 4.78. The van der Waals surface area contributed by atoms with Gasteiger partial charge in [-0.15, -0.1) is 0 Å². The number of methoxy groups -OCH3 is 1. The highest BCUT2D eigenvalue weighted by atomic mass is 16.5. The number of nitrogens with zero attached hydrogens (tertiary/aromatic N) is 3. The molecule has 2 N–H and O–H groups in total. The zero-order chi connectivity index (χ0) is 18.5. The van der Waals surface area contributed by atoms with Crippen LogP contribution in [0.2, 0.25) is 0 Å². The lowest BCUT2D eigenvalue weighted by Gasteiger charge is -2.43. The van der Waals surface area contributed by atoms with E-state index in [2.05, 4.69) is 34.0 Å². The summed E-state index contributed by atoms with van der Waals surface area (Å²) in [5.41, 5.74) is 8.19. The smallest absolute Gasteiger partial charge is 0.250 e. The van der Waals surface area contributed by atoms with Gasteiger partial charge in [0.15, 0.2) is 0 Å². The summed E-state index contributed by atoms with van der Waals surface area (Å²) in [6, 6.07) is 15.7. The maximum atomic E-state index is 11.8. The maximum absolute atomic E-state index is 11.8. The maximum Gasteiger partial charge on any atom is 0.250 e. The number of piperazine rings is 1. The average Bonchev–Trinajstić information content (AvgIpc) is 2.69. The van der Waals surface area contributed by atoms with Crippen LogP contribution in [0.25, 0.3) is 0 Å². The summed E-state index contributed by atoms with van der Waals surface area (Å²) in [4.78, 5) is 14.1. The lowest BCUT2D eigenvalue weighted by Crippen LogP contribution is -2.54. The Hall–Kier alpha value is -2.73. The quantitative estimate of drug-likeness (QED) is 0.863. The van der Waals surface area contributed by atoms with Crippen LogP contribution in [-0.4, -0.2) is 50.7 Å². The van der Waals surface area contributed by atoms with Gasteiger partial charge in [0, 0.05) is 38.4 Å². The van der Waals surface area contributed by atoms with Crippen LogP contribution in [0, 0.1) is 0 Å². The molecule has 26 heavy (non-hydrogen) atoms. The van der Waals surface area contributed by atoms with Crippen molar-refractivity contribution in [1.29, 1.82) is 0 Å². The molecule has 0 aliphatic carbocycles. The molecule has 2 aromatic carbocycles. The Morgan fingerprint density at radius 1 is 1.08 bits per heavy atom. The van der Waals surface area contributed by atoms with Gasteiger partial charge in [0.25, 0.3) is 5.91 Å². The number of amides is 1. The second-order valence-electron chi connectivity index (χ2n) is 6.24. The Bertz CT molecular complexity index is 740. The van der Waals surface area contributed by atoms with E-state index in [1.54, 1.807) is 13.2 Å². The Balaban J connectivity index is 1.70. The fourth-order valence-corrected chi connectivity index (χ4v) is 3.42. The third-order valence-corrected chi connectivity index (χ3v) is 4.78. The first-order valence-corrected chi connectivity index (χ1v) is 8.94. The molecule has 1 aliphatic heterocycles. The monoisotopic (exact) mass is 354 g/mol. The van der Waals surface area contributed by atoms with Gasteiger partial charge in [-0.1, -0.05) is 12.1 Å². The topological polar surface area (TPSA) is 62.0 Å². The summed E-state index contributed by atoms with van der Waals surface area (Å²) in [5.74, 6) is 0.475. The van der Waals surface area contributed by atoms with Gasteiger partial charge >= 0.3 is 0 Å². The standard InChI is InChI=1S/C20H26N4O2/c1-3-24(19-7-5-4-6-18(19)20(21)25)23-14-12-22(13-15-23)16-8-10-17(26-2)11-9-16/h4-11H,3,12-15H2,1-2H3,(H2,21,25). The Labute approximate surface area is 154 Å². The summed E-state index contributed by atoms with van der Waals surface area (Å²) >= 11 is 0. The molecular weight excluding hydrogens is 328 g/mol. The fraction of sp³-hybridized carbons (Fsp3) is 0.350. The van der Waals surface area contributed by atoms with E-state index >= 15 is 0 Å². The fourth-order valence-electron chi connectivity index (χ4n) is 3.42. The molecule has 0 unspecified atom stereocenters. The van der Waals surface area contributed by atoms with Gasteiger partial charge in [-0.05, 0) is 43.3 Å². The normalized spacial score (nSPS) is 14.9. The zero-order valence-corrected chi connectivity index (χ0v) is 15.4. The molecule has 1 fully saturated rings. The molecule has 138 valence electrons. The summed E-state index contributed by atoms with van der Waals surface area (Å²) in [7, 11) is 1.68. The Kier molecular flexibility index (Phi) is 5.63. The van der Waals surface area contributed by atoms with Gasteiger partial charge in [-0.25, -0.2) is 5.01 Å². The highest BCUT2D eigenvalue weighted by Gasteiger charge is 2.24. The van der Waals surface area contributed by atoms with Crippen molar-refractivity contribution in [2.45, 2.75) is 6.92 Å². The second kappa shape index (κ2) is 8.10. The molecule has 6 nitrogen and oxygen atoms in total. The first kappa shape index (κ1) is 18.1. The number of anilines is 2. The lowest BCUT2D eigenvalue weighted by atomic mass is 10.1. The highest BCUT2D eigenvalue weighted by Crippen LogP contribution is 2.25. The molecule has 1 amide bonds. The zero-order valence-electron chi connectivity index (χ0n) is 15.4. The molecule has 0 aromatic heterocycles. The van der Waals surface area contributed by atoms with E-state index in [0.717, 1.165) is 44.2 Å². The van der Waals surface area contributed by atoms with Crippen molar-refractivity contribution in [2.75, 3.05) is 49.7 Å². The van der Waals surface area contributed by atoms with E-state index in [9.17, 15) is 4.79 Å². The largest absolute Gasteiger partial charge is 0.497 e. The van der Waals surface area contributed by atoms with Crippen molar-refractivity contribution < 1.29 is 9.53 Å². The number of ether oxygens (including phenoxy) is 1. The SMILES string of the molecule is CCN(c1ccccc1C(N)=O)N1CCN(c2ccc(OC)cc2)CC1. The summed E-state index contributed by atoms with van der Waals surface area (Å²) in [6.45, 7) is 6.48. The highest BCUT2D eigenvalue weighted by molar-refractivity contribution is 5.98. The molecule has 0 spiro atoms. The van der Waals surface area contributed by atoms with Crippen LogP contribution in [0.4, 0.5) is 11.4 Å². The van der Waals surface area contributed by atoms with Crippen molar-refractivity contribution in [3.63, 3.8) is 0 Å². The predicted molar refractivity (Wildman–Crippen MR) is 105 cm³/mol. The van der Waals surface area contributed by atoms with Gasteiger partial charge in [0.05, 0.1) is 18.4 Å². The van der Waals surface area contributed by atoms with E-state index in [1.165, 1.54) is 5.69 Å². The van der Waals surface area contributed by atoms with Gasteiger partial charge in [0.1, 0.15) is 5.75 Å². The van der Waals surface area contributed by atoms with Crippen LogP contribution in [0.3, 0.4) is 0 Å². The van der Waals surface area contributed by atoms with Crippen LogP contribution in [0.1, 0.15) is 17.3 Å². The number of rotatable bonds is 6. The van der Waals surface area contributed by atoms with E-state index in [-0.39, 0.29) is 0 Å². The number of para-hydroxylation sites is 1. The number of benzene rings is 2. The van der Waals surface area contributed by atoms with Crippen LogP contribution in [-0.2, 0) is 0 Å². The van der Waals surface area contributed by atoms with Crippen molar-refractivity contribution in [3.8, 4) is 5.75 Å². The average molecular weight is 354 g/mol. The second-order valence-corrected chi connectivity index (χ2v) is 6.24. The van der Waals surface area contributed by atoms with Crippen molar-refractivity contribution in [1.82, 2.24) is 5.01 Å². The van der Waals surface area contributed by atoms with Gasteiger partial charge < -0.3 is 20.4 Å². The number of hydrogen-bond acceptors (Lipinski definition) is 5. The molecule has 1 saturated heterocycles. The van der Waals surface area contributed by atoms with E-state index in [1.807, 2.05) is 30.3 Å². The summed E-state index contributed by atoms with van der Waals surface area (Å²) in [5, 5.41) is 4.45. The number of carbonyl (C=O) groups excluding carboxylic acids is 1. The first-order valence-electron chi connectivity index (χ1n) is 8.94. The molecule has 2 aromatic rings. The first-order chi connectivity index (χ1) is 12.6. The molecule has 0 saturated carbocycles. The third kappa shape index (κ3) is 3.75.